The molecule has 5 rings (SSSR count). The molecule has 2 heterocycles. The Labute approximate surface area is 193 Å². The number of carbonyl (C=O) groups is 1. The second-order valence-corrected chi connectivity index (χ2v) is 8.51. The van der Waals surface area contributed by atoms with Gasteiger partial charge in [0.05, 0.1) is 23.9 Å². The van der Waals surface area contributed by atoms with Crippen molar-refractivity contribution in [2.45, 2.75) is 25.3 Å². The van der Waals surface area contributed by atoms with Gasteiger partial charge < -0.3 is 4.90 Å². The van der Waals surface area contributed by atoms with Gasteiger partial charge in [-0.2, -0.15) is 5.10 Å². The number of amides is 1. The van der Waals surface area contributed by atoms with Gasteiger partial charge >= 0.3 is 0 Å². The lowest BCUT2D eigenvalue weighted by Crippen LogP contribution is -2.40. The molecule has 0 atom stereocenters. The summed E-state index contributed by atoms with van der Waals surface area (Å²) < 4.78 is 15.3. The summed E-state index contributed by atoms with van der Waals surface area (Å²) in [6, 6.07) is 29.1. The maximum atomic E-state index is 13.1. The average Bonchev–Trinajstić information content (AvgIpc) is 3.32. The van der Waals surface area contributed by atoms with E-state index in [1.807, 2.05) is 41.3 Å². The van der Waals surface area contributed by atoms with E-state index in [0.717, 1.165) is 40.9 Å². The molecule has 1 amide bonds. The first-order chi connectivity index (χ1) is 16.2. The van der Waals surface area contributed by atoms with Gasteiger partial charge in [-0.1, -0.05) is 72.8 Å². The molecule has 0 radical (unpaired) electrons. The highest BCUT2D eigenvalue weighted by Crippen LogP contribution is 2.32. The van der Waals surface area contributed by atoms with Gasteiger partial charge in [0, 0.05) is 18.7 Å². The predicted molar refractivity (Wildman–Crippen MR) is 128 cm³/mol. The van der Waals surface area contributed by atoms with Crippen molar-refractivity contribution in [1.82, 2.24) is 14.7 Å². The van der Waals surface area contributed by atoms with E-state index in [9.17, 15) is 9.18 Å². The quantitative estimate of drug-likeness (QED) is 0.396. The first kappa shape index (κ1) is 21.1. The highest BCUT2D eigenvalue weighted by atomic mass is 19.1. The summed E-state index contributed by atoms with van der Waals surface area (Å²) in [6.45, 7) is 1.39. The van der Waals surface area contributed by atoms with E-state index in [-0.39, 0.29) is 17.8 Å². The van der Waals surface area contributed by atoms with Crippen molar-refractivity contribution in [1.29, 1.82) is 0 Å². The van der Waals surface area contributed by atoms with E-state index >= 15 is 0 Å². The lowest BCUT2D eigenvalue weighted by Gasteiger charge is -2.33. The third-order valence-electron chi connectivity index (χ3n) is 6.31. The molecule has 1 fully saturated rings. The lowest BCUT2D eigenvalue weighted by atomic mass is 10.0. The van der Waals surface area contributed by atoms with Crippen LogP contribution in [0.3, 0.4) is 0 Å². The summed E-state index contributed by atoms with van der Waals surface area (Å²) >= 11 is 0. The van der Waals surface area contributed by atoms with E-state index in [1.54, 1.807) is 12.1 Å². The van der Waals surface area contributed by atoms with Crippen molar-refractivity contribution in [2.24, 2.45) is 0 Å². The van der Waals surface area contributed by atoms with Crippen LogP contribution in [-0.2, 0) is 11.2 Å². The minimum absolute atomic E-state index is 0.0915. The molecular weight excluding hydrogens is 413 g/mol. The molecule has 0 aliphatic carbocycles. The monoisotopic (exact) mass is 439 g/mol. The Morgan fingerprint density at radius 1 is 0.848 bits per heavy atom. The van der Waals surface area contributed by atoms with Crippen molar-refractivity contribution < 1.29 is 9.18 Å². The summed E-state index contributed by atoms with van der Waals surface area (Å²) in [7, 11) is 0. The normalized spacial score (nSPS) is 14.4. The van der Waals surface area contributed by atoms with Crippen molar-refractivity contribution in [3.63, 3.8) is 0 Å². The molecule has 0 N–H and O–H groups in total. The molecule has 1 aliphatic heterocycles. The predicted octanol–water partition coefficient (Wildman–Crippen LogP) is 5.76. The number of likely N-dealkylation sites (tertiary alicyclic amines) is 1. The van der Waals surface area contributed by atoms with Gasteiger partial charge in [-0.05, 0) is 42.2 Å². The number of piperidine rings is 1. The van der Waals surface area contributed by atoms with Crippen molar-refractivity contribution in [3.8, 4) is 22.5 Å². The zero-order valence-corrected chi connectivity index (χ0v) is 18.4. The summed E-state index contributed by atoms with van der Waals surface area (Å²) in [4.78, 5) is 14.7. The topological polar surface area (TPSA) is 38.1 Å². The van der Waals surface area contributed by atoms with Gasteiger partial charge in [0.2, 0.25) is 5.91 Å². The number of nitrogens with zero attached hydrogens (tertiary/aromatic N) is 3. The molecule has 0 unspecified atom stereocenters. The summed E-state index contributed by atoms with van der Waals surface area (Å²) in [6.07, 6.45) is 2.01. The fourth-order valence-corrected chi connectivity index (χ4v) is 4.50. The fourth-order valence-electron chi connectivity index (χ4n) is 4.50. The molecule has 4 nitrogen and oxygen atoms in total. The molecule has 33 heavy (non-hydrogen) atoms. The number of carbonyl (C=O) groups excluding carboxylic acids is 1. The zero-order valence-electron chi connectivity index (χ0n) is 18.4. The SMILES string of the molecule is O=C(Cc1ccc(F)cc1)N1CCC(n2nc(-c3ccccc3)cc2-c2ccccc2)CC1. The number of rotatable bonds is 5. The number of hydrogen-bond donors (Lipinski definition) is 0. The van der Waals surface area contributed by atoms with E-state index in [4.69, 9.17) is 5.10 Å². The smallest absolute Gasteiger partial charge is 0.226 e. The van der Waals surface area contributed by atoms with Crippen LogP contribution in [0.2, 0.25) is 0 Å². The Balaban J connectivity index is 1.34. The van der Waals surface area contributed by atoms with Crippen LogP contribution in [0.15, 0.2) is 91.0 Å². The van der Waals surface area contributed by atoms with Crippen LogP contribution in [-0.4, -0.2) is 33.7 Å². The highest BCUT2D eigenvalue weighted by molar-refractivity contribution is 5.79. The number of benzene rings is 3. The van der Waals surface area contributed by atoms with Crippen LogP contribution < -0.4 is 0 Å². The molecule has 5 heteroatoms. The lowest BCUT2D eigenvalue weighted by molar-refractivity contribution is -0.131. The fraction of sp³-hybridized carbons (Fsp3) is 0.214. The zero-order chi connectivity index (χ0) is 22.6. The Kier molecular flexibility index (Phi) is 6.03. The van der Waals surface area contributed by atoms with Gasteiger partial charge in [-0.15, -0.1) is 0 Å². The molecule has 0 spiro atoms. The van der Waals surface area contributed by atoms with E-state index in [1.165, 1.54) is 12.1 Å². The van der Waals surface area contributed by atoms with Crippen molar-refractivity contribution >= 4 is 5.91 Å². The second-order valence-electron chi connectivity index (χ2n) is 8.51. The van der Waals surface area contributed by atoms with E-state index in [0.29, 0.717) is 19.5 Å². The molecule has 1 aliphatic rings. The average molecular weight is 440 g/mol. The van der Waals surface area contributed by atoms with Crippen LogP contribution >= 0.6 is 0 Å². The third kappa shape index (κ3) is 4.72. The van der Waals surface area contributed by atoms with Gasteiger partial charge in [-0.25, -0.2) is 4.39 Å². The maximum Gasteiger partial charge on any atom is 0.226 e. The molecule has 166 valence electrons. The van der Waals surface area contributed by atoms with Crippen LogP contribution in [0.25, 0.3) is 22.5 Å². The molecule has 0 bridgehead atoms. The van der Waals surface area contributed by atoms with Gasteiger partial charge in [0.15, 0.2) is 0 Å². The molecule has 1 saturated heterocycles. The molecule has 1 aromatic heterocycles. The third-order valence-corrected chi connectivity index (χ3v) is 6.31. The summed E-state index contributed by atoms with van der Waals surface area (Å²) in [5, 5.41) is 5.00. The number of halogens is 1. The number of hydrogen-bond acceptors (Lipinski definition) is 2. The van der Waals surface area contributed by atoms with Crippen molar-refractivity contribution in [2.75, 3.05) is 13.1 Å². The van der Waals surface area contributed by atoms with Crippen molar-refractivity contribution in [3.05, 3.63) is 102 Å². The minimum atomic E-state index is -0.282. The van der Waals surface area contributed by atoms with Crippen LogP contribution in [0.4, 0.5) is 4.39 Å². The second kappa shape index (κ2) is 9.41. The largest absolute Gasteiger partial charge is 0.342 e. The Hall–Kier alpha value is -3.73. The minimum Gasteiger partial charge on any atom is -0.342 e. The Morgan fingerprint density at radius 2 is 1.45 bits per heavy atom. The molecule has 3 aromatic carbocycles. The van der Waals surface area contributed by atoms with Crippen LogP contribution in [0.1, 0.15) is 24.4 Å². The number of aromatic nitrogens is 2. The van der Waals surface area contributed by atoms with Gasteiger partial charge in [0.1, 0.15) is 5.82 Å². The summed E-state index contributed by atoms with van der Waals surface area (Å²) in [5.74, 6) is -0.191. The van der Waals surface area contributed by atoms with E-state index < -0.39 is 0 Å². The molecule has 0 saturated carbocycles. The summed E-state index contributed by atoms with van der Waals surface area (Å²) in [5.41, 5.74) is 5.15. The highest BCUT2D eigenvalue weighted by Gasteiger charge is 2.26. The maximum absolute atomic E-state index is 13.1. The van der Waals surface area contributed by atoms with Gasteiger partial charge in [-0.3, -0.25) is 9.48 Å². The Morgan fingerprint density at radius 3 is 2.09 bits per heavy atom. The van der Waals surface area contributed by atoms with E-state index in [2.05, 4.69) is 35.0 Å². The first-order valence-electron chi connectivity index (χ1n) is 11.4. The molecular formula is C28H26FN3O. The molecule has 4 aromatic rings. The van der Waals surface area contributed by atoms with Crippen LogP contribution in [0, 0.1) is 5.82 Å². The van der Waals surface area contributed by atoms with Gasteiger partial charge in [0.25, 0.3) is 0 Å². The standard InChI is InChI=1S/C28H26FN3O/c29-24-13-11-21(12-14-24)19-28(33)31-17-15-25(16-18-31)32-27(23-9-5-2-6-10-23)20-26(30-32)22-7-3-1-4-8-22/h1-14,20,25H,15-19H2. The van der Waals surface area contributed by atoms with Crippen LogP contribution in [0.5, 0.6) is 0 Å². The Bertz CT molecular complexity index is 1210. The first-order valence-corrected chi connectivity index (χ1v) is 11.4.